The number of Topliss-reactive ketones (excluding diaryl/α,β-unsaturated/α-hetero) is 1. The first-order chi connectivity index (χ1) is 9.77. The quantitative estimate of drug-likeness (QED) is 0.797. The van der Waals surface area contributed by atoms with Crippen molar-refractivity contribution in [2.24, 2.45) is 0 Å². The summed E-state index contributed by atoms with van der Waals surface area (Å²) in [4.78, 5) is 12.5. The van der Waals surface area contributed by atoms with Crippen LogP contribution in [0.1, 0.15) is 29.6 Å². The van der Waals surface area contributed by atoms with Gasteiger partial charge in [-0.3, -0.25) is 4.79 Å². The number of rotatable bonds is 0. The summed E-state index contributed by atoms with van der Waals surface area (Å²) in [5.74, 6) is 0.990. The van der Waals surface area contributed by atoms with Gasteiger partial charge in [0.1, 0.15) is 11.4 Å². The Morgan fingerprint density at radius 1 is 1.15 bits per heavy atom. The molecule has 102 valence electrons. The van der Waals surface area contributed by atoms with Crippen LogP contribution in [0.25, 0.3) is 10.8 Å². The van der Waals surface area contributed by atoms with Crippen molar-refractivity contribution in [3.63, 3.8) is 0 Å². The smallest absolute Gasteiger partial charge is 0.170 e. The number of ketones is 1. The SMILES string of the molecule is O=C1C[C@@]2(CCCNC2)Oc2c1ccc1ccccc21. The van der Waals surface area contributed by atoms with Gasteiger partial charge in [-0.25, -0.2) is 0 Å². The maximum Gasteiger partial charge on any atom is 0.170 e. The second-order valence-corrected chi connectivity index (χ2v) is 5.83. The molecule has 20 heavy (non-hydrogen) atoms. The number of nitrogens with one attached hydrogen (secondary N) is 1. The van der Waals surface area contributed by atoms with Gasteiger partial charge >= 0.3 is 0 Å². The highest BCUT2D eigenvalue weighted by Gasteiger charge is 2.41. The molecule has 2 aromatic rings. The molecular formula is C17H17NO2. The van der Waals surface area contributed by atoms with E-state index in [1.807, 2.05) is 30.3 Å². The average molecular weight is 267 g/mol. The van der Waals surface area contributed by atoms with Crippen LogP contribution in [0.4, 0.5) is 0 Å². The second kappa shape index (κ2) is 4.32. The van der Waals surface area contributed by atoms with E-state index in [0.29, 0.717) is 6.42 Å². The van der Waals surface area contributed by atoms with Crippen LogP contribution in [0.5, 0.6) is 5.75 Å². The first-order valence-corrected chi connectivity index (χ1v) is 7.22. The number of benzene rings is 2. The predicted octanol–water partition coefficient (Wildman–Crippen LogP) is 2.93. The molecule has 1 atom stereocenters. The van der Waals surface area contributed by atoms with Gasteiger partial charge in [0.25, 0.3) is 0 Å². The number of carbonyl (C=O) groups is 1. The molecule has 0 saturated carbocycles. The first-order valence-electron chi connectivity index (χ1n) is 7.22. The molecule has 2 aliphatic heterocycles. The molecule has 0 unspecified atom stereocenters. The molecule has 1 fully saturated rings. The fourth-order valence-electron chi connectivity index (χ4n) is 3.39. The predicted molar refractivity (Wildman–Crippen MR) is 78.4 cm³/mol. The van der Waals surface area contributed by atoms with Crippen molar-refractivity contribution in [2.75, 3.05) is 13.1 Å². The minimum Gasteiger partial charge on any atom is -0.484 e. The van der Waals surface area contributed by atoms with Crippen LogP contribution in [0, 0.1) is 0 Å². The molecule has 4 rings (SSSR count). The minimum absolute atomic E-state index is 0.209. The van der Waals surface area contributed by atoms with E-state index in [9.17, 15) is 4.79 Å². The van der Waals surface area contributed by atoms with Gasteiger partial charge in [0.05, 0.1) is 12.0 Å². The summed E-state index contributed by atoms with van der Waals surface area (Å²) >= 11 is 0. The van der Waals surface area contributed by atoms with E-state index < -0.39 is 0 Å². The van der Waals surface area contributed by atoms with Crippen molar-refractivity contribution in [3.8, 4) is 5.75 Å². The fourth-order valence-corrected chi connectivity index (χ4v) is 3.39. The Labute approximate surface area is 117 Å². The lowest BCUT2D eigenvalue weighted by atomic mass is 9.83. The van der Waals surface area contributed by atoms with Crippen LogP contribution in [-0.4, -0.2) is 24.5 Å². The van der Waals surface area contributed by atoms with E-state index in [0.717, 1.165) is 48.0 Å². The van der Waals surface area contributed by atoms with Crippen molar-refractivity contribution in [3.05, 3.63) is 42.0 Å². The lowest BCUT2D eigenvalue weighted by molar-refractivity contribution is 0.0246. The third kappa shape index (κ3) is 1.74. The van der Waals surface area contributed by atoms with Crippen molar-refractivity contribution in [2.45, 2.75) is 24.9 Å². The van der Waals surface area contributed by atoms with E-state index in [-0.39, 0.29) is 11.4 Å². The number of carbonyl (C=O) groups excluding carboxylic acids is 1. The van der Waals surface area contributed by atoms with Crippen molar-refractivity contribution >= 4 is 16.6 Å². The van der Waals surface area contributed by atoms with Crippen molar-refractivity contribution in [1.29, 1.82) is 0 Å². The average Bonchev–Trinajstić information content (AvgIpc) is 2.48. The molecule has 2 heterocycles. The maximum absolute atomic E-state index is 12.5. The molecule has 1 saturated heterocycles. The summed E-state index contributed by atoms with van der Waals surface area (Å²) in [5.41, 5.74) is 0.395. The lowest BCUT2D eigenvalue weighted by Gasteiger charge is -2.41. The number of piperidine rings is 1. The highest BCUT2D eigenvalue weighted by atomic mass is 16.5. The molecule has 1 spiro atoms. The Hall–Kier alpha value is -1.87. The van der Waals surface area contributed by atoms with E-state index in [4.69, 9.17) is 4.74 Å². The molecular weight excluding hydrogens is 250 g/mol. The molecule has 0 aromatic heterocycles. The minimum atomic E-state index is -0.341. The fraction of sp³-hybridized carbons (Fsp3) is 0.353. The van der Waals surface area contributed by atoms with E-state index in [2.05, 4.69) is 11.4 Å². The van der Waals surface area contributed by atoms with Gasteiger partial charge in [0.15, 0.2) is 5.78 Å². The van der Waals surface area contributed by atoms with Crippen LogP contribution in [0.3, 0.4) is 0 Å². The van der Waals surface area contributed by atoms with Gasteiger partial charge in [-0.1, -0.05) is 30.3 Å². The van der Waals surface area contributed by atoms with E-state index in [1.165, 1.54) is 0 Å². The summed E-state index contributed by atoms with van der Waals surface area (Å²) in [6.45, 7) is 1.78. The normalized spacial score (nSPS) is 25.5. The van der Waals surface area contributed by atoms with Crippen LogP contribution >= 0.6 is 0 Å². The summed E-state index contributed by atoms with van der Waals surface area (Å²) in [5, 5.41) is 5.54. The van der Waals surface area contributed by atoms with Crippen molar-refractivity contribution < 1.29 is 9.53 Å². The Morgan fingerprint density at radius 2 is 2.05 bits per heavy atom. The lowest BCUT2D eigenvalue weighted by Crippen LogP contribution is -2.53. The largest absolute Gasteiger partial charge is 0.484 e. The van der Waals surface area contributed by atoms with Crippen LogP contribution < -0.4 is 10.1 Å². The third-order valence-corrected chi connectivity index (χ3v) is 4.41. The number of fused-ring (bicyclic) bond motifs is 3. The van der Waals surface area contributed by atoms with Crippen LogP contribution in [-0.2, 0) is 0 Å². The monoisotopic (exact) mass is 267 g/mol. The van der Waals surface area contributed by atoms with Crippen LogP contribution in [0.2, 0.25) is 0 Å². The zero-order valence-corrected chi connectivity index (χ0v) is 11.3. The second-order valence-electron chi connectivity index (χ2n) is 5.83. The topological polar surface area (TPSA) is 38.3 Å². The third-order valence-electron chi connectivity index (χ3n) is 4.41. The highest BCUT2D eigenvalue weighted by molar-refractivity contribution is 6.06. The number of hydrogen-bond acceptors (Lipinski definition) is 3. The van der Waals surface area contributed by atoms with Gasteiger partial charge in [0.2, 0.25) is 0 Å². The first kappa shape index (κ1) is 11.9. The Balaban J connectivity index is 1.88. The zero-order chi connectivity index (χ0) is 13.6. The van der Waals surface area contributed by atoms with Crippen molar-refractivity contribution in [1.82, 2.24) is 5.32 Å². The molecule has 0 bridgehead atoms. The molecule has 2 aromatic carbocycles. The molecule has 1 N–H and O–H groups in total. The molecule has 0 amide bonds. The summed E-state index contributed by atoms with van der Waals surface area (Å²) in [7, 11) is 0. The van der Waals surface area contributed by atoms with E-state index in [1.54, 1.807) is 0 Å². The standard InChI is InChI=1S/C17H17NO2/c19-15-10-17(8-3-9-18-11-17)20-16-13-5-2-1-4-12(13)6-7-14(15)16/h1-2,4-7,18H,3,8-11H2/t17-/m1/s1. The van der Waals surface area contributed by atoms with E-state index >= 15 is 0 Å². The Morgan fingerprint density at radius 3 is 2.90 bits per heavy atom. The molecule has 0 aliphatic carbocycles. The molecule has 2 aliphatic rings. The van der Waals surface area contributed by atoms with Crippen LogP contribution in [0.15, 0.2) is 36.4 Å². The molecule has 0 radical (unpaired) electrons. The Bertz CT molecular complexity index is 686. The molecule has 3 heteroatoms. The summed E-state index contributed by atoms with van der Waals surface area (Å²) in [6.07, 6.45) is 2.51. The summed E-state index contributed by atoms with van der Waals surface area (Å²) < 4.78 is 6.36. The van der Waals surface area contributed by atoms with Gasteiger partial charge in [-0.05, 0) is 30.8 Å². The van der Waals surface area contributed by atoms with Gasteiger partial charge in [-0.2, -0.15) is 0 Å². The zero-order valence-electron chi connectivity index (χ0n) is 11.3. The maximum atomic E-state index is 12.5. The number of ether oxygens (including phenoxy) is 1. The van der Waals surface area contributed by atoms with Gasteiger partial charge < -0.3 is 10.1 Å². The summed E-state index contributed by atoms with van der Waals surface area (Å²) in [6, 6.07) is 12.0. The molecule has 3 nitrogen and oxygen atoms in total. The number of hydrogen-bond donors (Lipinski definition) is 1. The van der Waals surface area contributed by atoms with Gasteiger partial charge in [0, 0.05) is 11.9 Å². The van der Waals surface area contributed by atoms with Gasteiger partial charge in [-0.15, -0.1) is 0 Å². The highest BCUT2D eigenvalue weighted by Crippen LogP contribution is 2.40. The Kier molecular flexibility index (Phi) is 2.57.